The van der Waals surface area contributed by atoms with Gasteiger partial charge in [0.25, 0.3) is 0 Å². The Morgan fingerprint density at radius 1 is 1.24 bits per heavy atom. The van der Waals surface area contributed by atoms with E-state index in [-0.39, 0.29) is 5.91 Å². The lowest BCUT2D eigenvalue weighted by molar-refractivity contribution is -0.129. The lowest BCUT2D eigenvalue weighted by Gasteiger charge is -2.24. The third kappa shape index (κ3) is 2.83. The summed E-state index contributed by atoms with van der Waals surface area (Å²) in [4.78, 5) is 19.8. The van der Waals surface area contributed by atoms with Crippen LogP contribution in [0.4, 0.5) is 5.82 Å². The zero-order chi connectivity index (χ0) is 14.8. The van der Waals surface area contributed by atoms with Crippen LogP contribution >= 0.6 is 0 Å². The average Bonchev–Trinajstić information content (AvgIpc) is 2.68. The van der Waals surface area contributed by atoms with Crippen LogP contribution in [-0.2, 0) is 4.79 Å². The standard InChI is InChI=1S/C16H19N3O2/c1-12(20)18-8-9-19(11-14(21)10-18)16-15-5-3-2-4-13(15)6-7-17-16/h2-7,14,21H,8-11H2,1H3/t14-/m0/s1. The number of benzene rings is 1. The van der Waals surface area contributed by atoms with E-state index in [2.05, 4.69) is 16.0 Å². The van der Waals surface area contributed by atoms with Crippen molar-refractivity contribution in [2.75, 3.05) is 31.1 Å². The van der Waals surface area contributed by atoms with Gasteiger partial charge in [-0.2, -0.15) is 0 Å². The lowest BCUT2D eigenvalue weighted by atomic mass is 10.1. The van der Waals surface area contributed by atoms with Crippen LogP contribution in [-0.4, -0.2) is 53.2 Å². The summed E-state index contributed by atoms with van der Waals surface area (Å²) in [5.41, 5.74) is 0. The van der Waals surface area contributed by atoms with E-state index in [1.165, 1.54) is 0 Å². The van der Waals surface area contributed by atoms with Gasteiger partial charge in [0.05, 0.1) is 6.10 Å². The Hall–Kier alpha value is -2.14. The maximum absolute atomic E-state index is 11.5. The number of aromatic nitrogens is 1. The smallest absolute Gasteiger partial charge is 0.219 e. The minimum atomic E-state index is -0.558. The van der Waals surface area contributed by atoms with Crippen molar-refractivity contribution in [2.24, 2.45) is 0 Å². The highest BCUT2D eigenvalue weighted by atomic mass is 16.3. The fourth-order valence-corrected chi connectivity index (χ4v) is 2.82. The van der Waals surface area contributed by atoms with Gasteiger partial charge in [-0.25, -0.2) is 4.98 Å². The van der Waals surface area contributed by atoms with Gasteiger partial charge in [0.2, 0.25) is 5.91 Å². The minimum Gasteiger partial charge on any atom is -0.389 e. The molecule has 2 aromatic rings. The summed E-state index contributed by atoms with van der Waals surface area (Å²) in [5, 5.41) is 12.4. The summed E-state index contributed by atoms with van der Waals surface area (Å²) in [5.74, 6) is 0.874. The molecular formula is C16H19N3O2. The number of amides is 1. The van der Waals surface area contributed by atoms with Gasteiger partial charge in [-0.1, -0.05) is 24.3 Å². The van der Waals surface area contributed by atoms with E-state index in [9.17, 15) is 9.90 Å². The topological polar surface area (TPSA) is 56.7 Å². The Balaban J connectivity index is 1.93. The summed E-state index contributed by atoms with van der Waals surface area (Å²) in [6, 6.07) is 10.1. The van der Waals surface area contributed by atoms with E-state index in [4.69, 9.17) is 0 Å². The highest BCUT2D eigenvalue weighted by molar-refractivity contribution is 5.92. The molecule has 1 N–H and O–H groups in total. The molecule has 3 rings (SSSR count). The molecule has 0 saturated carbocycles. The molecule has 0 spiro atoms. The maximum Gasteiger partial charge on any atom is 0.219 e. The van der Waals surface area contributed by atoms with E-state index >= 15 is 0 Å². The average molecular weight is 285 g/mol. The molecule has 0 radical (unpaired) electrons. The first-order valence-electron chi connectivity index (χ1n) is 7.17. The number of aliphatic hydroxyl groups is 1. The van der Waals surface area contributed by atoms with Crippen molar-refractivity contribution in [1.82, 2.24) is 9.88 Å². The van der Waals surface area contributed by atoms with E-state index in [0.717, 1.165) is 16.6 Å². The third-order valence-electron chi connectivity index (χ3n) is 3.90. The zero-order valence-electron chi connectivity index (χ0n) is 12.1. The number of pyridine rings is 1. The Morgan fingerprint density at radius 2 is 2.05 bits per heavy atom. The Kier molecular flexibility index (Phi) is 3.75. The second-order valence-corrected chi connectivity index (χ2v) is 5.42. The number of aliphatic hydroxyl groups excluding tert-OH is 1. The molecule has 1 aliphatic heterocycles. The summed E-state index contributed by atoms with van der Waals surface area (Å²) in [6.45, 7) is 3.70. The van der Waals surface area contributed by atoms with Crippen LogP contribution in [0, 0.1) is 0 Å². The number of β-amino-alcohol motifs (C(OH)–C–C–N with tert-alkyl or cyclic N) is 1. The number of hydrogen-bond donors (Lipinski definition) is 1. The van der Waals surface area contributed by atoms with Crippen LogP contribution in [0.3, 0.4) is 0 Å². The first-order valence-corrected chi connectivity index (χ1v) is 7.17. The van der Waals surface area contributed by atoms with Gasteiger partial charge in [-0.3, -0.25) is 4.79 Å². The molecule has 1 atom stereocenters. The molecule has 1 aliphatic rings. The Bertz CT molecular complexity index is 654. The molecule has 5 nitrogen and oxygen atoms in total. The van der Waals surface area contributed by atoms with E-state index in [1.54, 1.807) is 18.0 Å². The van der Waals surface area contributed by atoms with Crippen molar-refractivity contribution in [3.63, 3.8) is 0 Å². The molecule has 0 bridgehead atoms. The van der Waals surface area contributed by atoms with Gasteiger partial charge < -0.3 is 14.9 Å². The number of hydrogen-bond acceptors (Lipinski definition) is 4. The van der Waals surface area contributed by atoms with Crippen molar-refractivity contribution in [3.05, 3.63) is 36.5 Å². The summed E-state index contributed by atoms with van der Waals surface area (Å²) < 4.78 is 0. The molecule has 0 aliphatic carbocycles. The van der Waals surface area contributed by atoms with E-state index in [0.29, 0.717) is 26.2 Å². The first kappa shape index (κ1) is 13.8. The van der Waals surface area contributed by atoms with Crippen molar-refractivity contribution >= 4 is 22.5 Å². The minimum absolute atomic E-state index is 0.00165. The van der Waals surface area contributed by atoms with Crippen LogP contribution < -0.4 is 4.90 Å². The molecule has 1 saturated heterocycles. The largest absolute Gasteiger partial charge is 0.389 e. The fraction of sp³-hybridized carbons (Fsp3) is 0.375. The number of rotatable bonds is 1. The highest BCUT2D eigenvalue weighted by Gasteiger charge is 2.24. The number of carbonyl (C=O) groups is 1. The molecule has 1 amide bonds. The predicted octanol–water partition coefficient (Wildman–Crippen LogP) is 1.26. The normalized spacial score (nSPS) is 19.6. The molecule has 1 fully saturated rings. The molecule has 0 unspecified atom stereocenters. The second kappa shape index (κ2) is 5.69. The summed E-state index contributed by atoms with van der Waals surface area (Å²) >= 11 is 0. The number of nitrogens with zero attached hydrogens (tertiary/aromatic N) is 3. The van der Waals surface area contributed by atoms with Crippen molar-refractivity contribution < 1.29 is 9.90 Å². The van der Waals surface area contributed by atoms with Gasteiger partial charge in [-0.15, -0.1) is 0 Å². The van der Waals surface area contributed by atoms with Crippen LogP contribution in [0.1, 0.15) is 6.92 Å². The second-order valence-electron chi connectivity index (χ2n) is 5.42. The van der Waals surface area contributed by atoms with Gasteiger partial charge in [0, 0.05) is 44.7 Å². The monoisotopic (exact) mass is 285 g/mol. The summed E-state index contributed by atoms with van der Waals surface area (Å²) in [7, 11) is 0. The molecule has 21 heavy (non-hydrogen) atoms. The molecule has 1 aromatic carbocycles. The molecular weight excluding hydrogens is 266 g/mol. The third-order valence-corrected chi connectivity index (χ3v) is 3.90. The molecule has 1 aromatic heterocycles. The van der Waals surface area contributed by atoms with E-state index in [1.807, 2.05) is 24.3 Å². The quantitative estimate of drug-likeness (QED) is 0.857. The summed E-state index contributed by atoms with van der Waals surface area (Å²) in [6.07, 6.45) is 1.23. The highest BCUT2D eigenvalue weighted by Crippen LogP contribution is 2.25. The fourth-order valence-electron chi connectivity index (χ4n) is 2.82. The SMILES string of the molecule is CC(=O)N1CCN(c2nccc3ccccc23)C[C@@H](O)C1. The zero-order valence-corrected chi connectivity index (χ0v) is 12.1. The molecule has 110 valence electrons. The number of carbonyl (C=O) groups excluding carboxylic acids is 1. The van der Waals surface area contributed by atoms with Crippen molar-refractivity contribution in [2.45, 2.75) is 13.0 Å². The van der Waals surface area contributed by atoms with E-state index < -0.39 is 6.10 Å². The van der Waals surface area contributed by atoms with Crippen LogP contribution in [0.2, 0.25) is 0 Å². The van der Waals surface area contributed by atoms with Gasteiger partial charge >= 0.3 is 0 Å². The van der Waals surface area contributed by atoms with Crippen LogP contribution in [0.15, 0.2) is 36.5 Å². The van der Waals surface area contributed by atoms with Gasteiger partial charge in [0.15, 0.2) is 0 Å². The molecule has 2 heterocycles. The number of fused-ring (bicyclic) bond motifs is 1. The van der Waals surface area contributed by atoms with Crippen LogP contribution in [0.5, 0.6) is 0 Å². The van der Waals surface area contributed by atoms with Crippen molar-refractivity contribution in [3.8, 4) is 0 Å². The molecule has 5 heteroatoms. The maximum atomic E-state index is 11.5. The number of anilines is 1. The predicted molar refractivity (Wildman–Crippen MR) is 82.2 cm³/mol. The van der Waals surface area contributed by atoms with Gasteiger partial charge in [0.1, 0.15) is 5.82 Å². The Morgan fingerprint density at radius 3 is 2.86 bits per heavy atom. The lowest BCUT2D eigenvalue weighted by Crippen LogP contribution is -2.36. The van der Waals surface area contributed by atoms with Crippen LogP contribution in [0.25, 0.3) is 10.8 Å². The van der Waals surface area contributed by atoms with Gasteiger partial charge in [-0.05, 0) is 11.5 Å². The Labute approximate surface area is 123 Å². The first-order chi connectivity index (χ1) is 10.1. The van der Waals surface area contributed by atoms with Crippen molar-refractivity contribution in [1.29, 1.82) is 0 Å².